The first-order valence-corrected chi connectivity index (χ1v) is 12.5. The Morgan fingerprint density at radius 2 is 1.63 bits per heavy atom. The Morgan fingerprint density at radius 1 is 0.971 bits per heavy atom. The minimum Gasteiger partial charge on any atom is -0.358 e. The van der Waals surface area contributed by atoms with Crippen LogP contribution in [-0.2, 0) is 24.8 Å². The number of benzene rings is 3. The van der Waals surface area contributed by atoms with Gasteiger partial charge in [0.2, 0.25) is 0 Å². The normalized spacial score (nSPS) is 11.7. The van der Waals surface area contributed by atoms with Crippen LogP contribution in [0.25, 0.3) is 10.9 Å². The van der Waals surface area contributed by atoms with E-state index in [1.165, 1.54) is 17.7 Å². The molecule has 1 aromatic heterocycles. The number of amides is 1. The highest BCUT2D eigenvalue weighted by atomic mass is 35.5. The van der Waals surface area contributed by atoms with Crippen LogP contribution in [0.5, 0.6) is 0 Å². The van der Waals surface area contributed by atoms with Crippen LogP contribution in [0.1, 0.15) is 60.4 Å². The molecule has 3 nitrogen and oxygen atoms in total. The van der Waals surface area contributed by atoms with Gasteiger partial charge in [-0.25, -0.2) is 4.39 Å². The third kappa shape index (κ3) is 5.94. The third-order valence-corrected chi connectivity index (χ3v) is 6.64. The molecule has 4 rings (SSSR count). The molecule has 35 heavy (non-hydrogen) atoms. The van der Waals surface area contributed by atoms with Crippen LogP contribution in [-0.4, -0.2) is 22.3 Å². The van der Waals surface area contributed by atoms with Gasteiger partial charge in [-0.05, 0) is 65.3 Å². The Morgan fingerprint density at radius 3 is 2.26 bits per heavy atom. The molecule has 1 N–H and O–H groups in total. The summed E-state index contributed by atoms with van der Waals surface area (Å²) in [6, 6.07) is 20.6. The molecule has 0 fully saturated rings. The van der Waals surface area contributed by atoms with Crippen LogP contribution in [0.15, 0.2) is 66.7 Å². The highest BCUT2D eigenvalue weighted by molar-refractivity contribution is 6.32. The molecule has 4 aromatic rings. The van der Waals surface area contributed by atoms with Crippen molar-refractivity contribution < 1.29 is 9.18 Å². The fourth-order valence-electron chi connectivity index (χ4n) is 4.29. The zero-order chi connectivity index (χ0) is 25.2. The lowest BCUT2D eigenvalue weighted by atomic mass is 9.87. The van der Waals surface area contributed by atoms with Crippen molar-refractivity contribution in [2.45, 2.75) is 52.5 Å². The molecular weight excluding hydrogens is 459 g/mol. The minimum atomic E-state index is -0.264. The highest BCUT2D eigenvalue weighted by Crippen LogP contribution is 2.27. The molecule has 0 unspecified atom stereocenters. The highest BCUT2D eigenvalue weighted by Gasteiger charge is 2.21. The van der Waals surface area contributed by atoms with E-state index in [-0.39, 0.29) is 17.1 Å². The summed E-state index contributed by atoms with van der Waals surface area (Å²) in [4.78, 5) is 19.2. The van der Waals surface area contributed by atoms with E-state index in [0.29, 0.717) is 30.1 Å². The molecule has 5 heteroatoms. The summed E-state index contributed by atoms with van der Waals surface area (Å²) >= 11 is 6.41. The number of fused-ring (bicyclic) bond motifs is 1. The van der Waals surface area contributed by atoms with E-state index in [2.05, 4.69) is 56.9 Å². The summed E-state index contributed by atoms with van der Waals surface area (Å²) in [6.45, 7) is 9.61. The van der Waals surface area contributed by atoms with E-state index >= 15 is 0 Å². The maximum absolute atomic E-state index is 13.9. The first-order valence-electron chi connectivity index (χ1n) is 12.1. The second-order valence-electron chi connectivity index (χ2n) is 10.1. The van der Waals surface area contributed by atoms with Gasteiger partial charge in [-0.2, -0.15) is 0 Å². The molecule has 0 radical (unpaired) electrons. The van der Waals surface area contributed by atoms with Crippen molar-refractivity contribution in [2.24, 2.45) is 0 Å². The molecule has 0 saturated heterocycles. The lowest BCUT2D eigenvalue weighted by molar-refractivity contribution is 0.0747. The fraction of sp³-hybridized carbons (Fsp3) is 0.300. The number of carbonyl (C=O) groups is 1. The average molecular weight is 491 g/mol. The van der Waals surface area contributed by atoms with Crippen LogP contribution >= 0.6 is 11.6 Å². The van der Waals surface area contributed by atoms with E-state index in [0.717, 1.165) is 34.1 Å². The Balaban J connectivity index is 1.66. The number of nitrogens with zero attached hydrogens (tertiary/aromatic N) is 1. The Labute approximate surface area is 211 Å². The van der Waals surface area contributed by atoms with Crippen molar-refractivity contribution in [3.63, 3.8) is 0 Å². The van der Waals surface area contributed by atoms with Crippen LogP contribution in [0.2, 0.25) is 5.02 Å². The molecule has 3 aromatic carbocycles. The fourth-order valence-corrected chi connectivity index (χ4v) is 4.52. The summed E-state index contributed by atoms with van der Waals surface area (Å²) in [7, 11) is 0. The van der Waals surface area contributed by atoms with Gasteiger partial charge in [0, 0.05) is 29.2 Å². The Bertz CT molecular complexity index is 1320. The first kappa shape index (κ1) is 25.0. The average Bonchev–Trinajstić information content (AvgIpc) is 3.24. The number of aromatic nitrogens is 1. The molecule has 0 bridgehead atoms. The van der Waals surface area contributed by atoms with Crippen molar-refractivity contribution in [3.05, 3.63) is 106 Å². The van der Waals surface area contributed by atoms with Gasteiger partial charge in [-0.15, -0.1) is 0 Å². The molecule has 0 saturated carbocycles. The number of aryl methyl sites for hydroxylation is 1. The van der Waals surface area contributed by atoms with Crippen LogP contribution in [0.3, 0.4) is 0 Å². The van der Waals surface area contributed by atoms with E-state index in [1.54, 1.807) is 18.2 Å². The maximum Gasteiger partial charge on any atom is 0.256 e. The van der Waals surface area contributed by atoms with Crippen molar-refractivity contribution in [1.29, 1.82) is 0 Å². The molecule has 1 amide bonds. The molecule has 0 aliphatic heterocycles. The number of carbonyl (C=O) groups excluding carboxylic acids is 1. The molecule has 0 aliphatic carbocycles. The number of rotatable bonds is 7. The van der Waals surface area contributed by atoms with Crippen LogP contribution < -0.4 is 0 Å². The van der Waals surface area contributed by atoms with Crippen molar-refractivity contribution in [3.8, 4) is 0 Å². The molecule has 0 spiro atoms. The molecule has 0 atom stereocenters. The number of aromatic amines is 1. The van der Waals surface area contributed by atoms with Crippen molar-refractivity contribution in [2.75, 3.05) is 6.54 Å². The monoisotopic (exact) mass is 490 g/mol. The summed E-state index contributed by atoms with van der Waals surface area (Å²) in [5, 5.41) is 1.47. The van der Waals surface area contributed by atoms with Gasteiger partial charge in [0.1, 0.15) is 5.82 Å². The lowest BCUT2D eigenvalue weighted by Crippen LogP contribution is -2.32. The Hall–Kier alpha value is -3.11. The predicted octanol–water partition coefficient (Wildman–Crippen LogP) is 7.71. The van der Waals surface area contributed by atoms with Crippen LogP contribution in [0.4, 0.5) is 4.39 Å². The number of halogens is 2. The quantitative estimate of drug-likeness (QED) is 0.283. The van der Waals surface area contributed by atoms with Crippen LogP contribution in [0, 0.1) is 5.82 Å². The zero-order valence-electron chi connectivity index (χ0n) is 20.8. The second kappa shape index (κ2) is 10.2. The number of hydrogen-bond donors (Lipinski definition) is 1. The van der Waals surface area contributed by atoms with Gasteiger partial charge in [-0.3, -0.25) is 4.79 Å². The molecule has 0 aliphatic rings. The zero-order valence-corrected chi connectivity index (χ0v) is 21.5. The number of nitrogens with one attached hydrogen (secondary N) is 1. The summed E-state index contributed by atoms with van der Waals surface area (Å²) in [6.07, 6.45) is 1.47. The van der Waals surface area contributed by atoms with Gasteiger partial charge < -0.3 is 9.88 Å². The first-order chi connectivity index (χ1) is 16.6. The smallest absolute Gasteiger partial charge is 0.256 e. The third-order valence-electron chi connectivity index (χ3n) is 6.42. The SMILES string of the molecule is CCc1cc2cc(Cl)cc(C(=O)N(CCc3ccc(F)cc3)Cc3ccc(C(C)(C)C)cc3)c2[nH]1. The lowest BCUT2D eigenvalue weighted by Gasteiger charge is -2.25. The predicted molar refractivity (Wildman–Crippen MR) is 143 cm³/mol. The standard InChI is InChI=1S/C30H32ClFN2O/c1-5-26-17-22-16-24(31)18-27(28(22)33-26)29(35)34(15-14-20-8-12-25(32)13-9-20)19-21-6-10-23(11-7-21)30(2,3)4/h6-13,16-18,33H,5,14-15,19H2,1-4H3. The van der Waals surface area contributed by atoms with E-state index in [1.807, 2.05) is 17.0 Å². The van der Waals surface area contributed by atoms with E-state index in [4.69, 9.17) is 11.6 Å². The molecule has 182 valence electrons. The maximum atomic E-state index is 13.9. The summed E-state index contributed by atoms with van der Waals surface area (Å²) in [5.74, 6) is -0.343. The Kier molecular flexibility index (Phi) is 7.32. The van der Waals surface area contributed by atoms with Gasteiger partial charge in [0.05, 0.1) is 11.1 Å². The number of hydrogen-bond acceptors (Lipinski definition) is 1. The van der Waals surface area contributed by atoms with Gasteiger partial charge in [-0.1, -0.05) is 75.7 Å². The summed E-state index contributed by atoms with van der Waals surface area (Å²) < 4.78 is 13.4. The van der Waals surface area contributed by atoms with Crippen molar-refractivity contribution in [1.82, 2.24) is 9.88 Å². The second-order valence-corrected chi connectivity index (χ2v) is 10.6. The number of H-pyrrole nitrogens is 1. The topological polar surface area (TPSA) is 36.1 Å². The van der Waals surface area contributed by atoms with Gasteiger partial charge in [0.25, 0.3) is 5.91 Å². The molecular formula is C30H32ClFN2O. The molecule has 1 heterocycles. The minimum absolute atomic E-state index is 0.0631. The largest absolute Gasteiger partial charge is 0.358 e. The summed E-state index contributed by atoms with van der Waals surface area (Å²) in [5.41, 5.74) is 5.80. The van der Waals surface area contributed by atoms with Gasteiger partial charge in [0.15, 0.2) is 0 Å². The van der Waals surface area contributed by atoms with Gasteiger partial charge >= 0.3 is 0 Å². The van der Waals surface area contributed by atoms with Crippen molar-refractivity contribution >= 4 is 28.4 Å². The van der Waals surface area contributed by atoms with E-state index < -0.39 is 0 Å². The van der Waals surface area contributed by atoms with E-state index in [9.17, 15) is 9.18 Å².